The average Bonchev–Trinajstić information content (AvgIpc) is 3.23. The average molecular weight is 297 g/mol. The number of hydrogen-bond donors (Lipinski definition) is 0. The van der Waals surface area contributed by atoms with Crippen LogP contribution in [0.15, 0.2) is 57.9 Å². The van der Waals surface area contributed by atoms with E-state index in [-0.39, 0.29) is 11.6 Å². The molecule has 112 valence electrons. The summed E-state index contributed by atoms with van der Waals surface area (Å²) in [6.07, 6.45) is 5.78. The van der Waals surface area contributed by atoms with Crippen LogP contribution in [0.25, 0.3) is 11.5 Å². The van der Waals surface area contributed by atoms with Crippen LogP contribution in [0, 0.1) is 0 Å². The van der Waals surface area contributed by atoms with Crippen LogP contribution in [0.3, 0.4) is 0 Å². The fourth-order valence-electron chi connectivity index (χ4n) is 2.05. The van der Waals surface area contributed by atoms with E-state index in [1.807, 2.05) is 12.1 Å². The molecule has 0 spiro atoms. The highest BCUT2D eigenvalue weighted by Crippen LogP contribution is 2.21. The summed E-state index contributed by atoms with van der Waals surface area (Å²) in [5.41, 5.74) is 1.40. The van der Waals surface area contributed by atoms with Crippen molar-refractivity contribution in [1.29, 1.82) is 0 Å². The fourth-order valence-corrected chi connectivity index (χ4v) is 2.05. The summed E-state index contributed by atoms with van der Waals surface area (Å²) >= 11 is 0. The Kier molecular flexibility index (Phi) is 4.00. The Morgan fingerprint density at radius 3 is 2.77 bits per heavy atom. The molecule has 0 radical (unpaired) electrons. The first kappa shape index (κ1) is 14.1. The molecule has 3 rings (SSSR count). The van der Waals surface area contributed by atoms with Gasteiger partial charge in [-0.3, -0.25) is 9.78 Å². The van der Waals surface area contributed by atoms with Crippen molar-refractivity contribution in [3.8, 4) is 11.5 Å². The maximum atomic E-state index is 12.3. The number of nitrogens with zero attached hydrogens (tertiary/aromatic N) is 3. The van der Waals surface area contributed by atoms with Gasteiger partial charge in [0.1, 0.15) is 0 Å². The molecule has 0 saturated heterocycles. The number of rotatable bonds is 5. The minimum atomic E-state index is -0.185. The highest BCUT2D eigenvalue weighted by atomic mass is 16.5. The molecule has 0 aromatic carbocycles. The molecule has 0 fully saturated rings. The van der Waals surface area contributed by atoms with E-state index in [4.69, 9.17) is 8.94 Å². The van der Waals surface area contributed by atoms with Crippen molar-refractivity contribution in [2.24, 2.45) is 0 Å². The topological polar surface area (TPSA) is 72.4 Å². The zero-order valence-corrected chi connectivity index (χ0v) is 12.1. The van der Waals surface area contributed by atoms with Gasteiger partial charge in [-0.1, -0.05) is 5.16 Å². The van der Waals surface area contributed by atoms with Crippen molar-refractivity contribution >= 4 is 5.91 Å². The van der Waals surface area contributed by atoms with Crippen LogP contribution in [0.4, 0.5) is 0 Å². The van der Waals surface area contributed by atoms with Crippen LogP contribution in [0.2, 0.25) is 0 Å². The first-order valence-electron chi connectivity index (χ1n) is 6.89. The first-order valence-corrected chi connectivity index (χ1v) is 6.89. The van der Waals surface area contributed by atoms with Gasteiger partial charge in [-0.05, 0) is 36.2 Å². The second kappa shape index (κ2) is 6.26. The highest BCUT2D eigenvalue weighted by Gasteiger charge is 2.18. The van der Waals surface area contributed by atoms with Crippen molar-refractivity contribution in [3.63, 3.8) is 0 Å². The molecule has 3 heterocycles. The lowest BCUT2D eigenvalue weighted by molar-refractivity contribution is 0.0786. The van der Waals surface area contributed by atoms with Gasteiger partial charge in [0, 0.05) is 32.1 Å². The van der Waals surface area contributed by atoms with E-state index in [1.54, 1.807) is 48.8 Å². The second-order valence-electron chi connectivity index (χ2n) is 4.89. The standard InChI is InChI=1S/C16H15N3O3/c1-19(9-6-12-4-7-17-8-5-12)16(20)13-11-15(22-18-13)14-3-2-10-21-14/h2-5,7-8,10-11H,6,9H2,1H3. The summed E-state index contributed by atoms with van der Waals surface area (Å²) in [5.74, 6) is 0.803. The van der Waals surface area contributed by atoms with Gasteiger partial charge in [0.05, 0.1) is 6.26 Å². The predicted molar refractivity (Wildman–Crippen MR) is 79.1 cm³/mol. The van der Waals surface area contributed by atoms with Crippen LogP contribution < -0.4 is 0 Å². The molecule has 0 saturated carbocycles. The third-order valence-corrected chi connectivity index (χ3v) is 3.33. The molecule has 22 heavy (non-hydrogen) atoms. The van der Waals surface area contributed by atoms with Crippen molar-refractivity contribution < 1.29 is 13.7 Å². The summed E-state index contributed by atoms with van der Waals surface area (Å²) in [7, 11) is 1.74. The predicted octanol–water partition coefficient (Wildman–Crippen LogP) is 2.64. The molecule has 6 nitrogen and oxygen atoms in total. The number of pyridine rings is 1. The lowest BCUT2D eigenvalue weighted by atomic mass is 10.2. The molecule has 0 aliphatic rings. The second-order valence-corrected chi connectivity index (χ2v) is 4.89. The van der Waals surface area contributed by atoms with Crippen molar-refractivity contribution in [3.05, 3.63) is 60.2 Å². The monoisotopic (exact) mass is 297 g/mol. The Morgan fingerprint density at radius 1 is 1.23 bits per heavy atom. The van der Waals surface area contributed by atoms with Crippen LogP contribution in [-0.4, -0.2) is 34.5 Å². The van der Waals surface area contributed by atoms with Gasteiger partial charge < -0.3 is 13.8 Å². The normalized spacial score (nSPS) is 10.6. The molecule has 6 heteroatoms. The van der Waals surface area contributed by atoms with Crippen LogP contribution in [0.5, 0.6) is 0 Å². The Labute approximate surface area is 127 Å². The number of hydrogen-bond acceptors (Lipinski definition) is 5. The lowest BCUT2D eigenvalue weighted by Gasteiger charge is -2.15. The van der Waals surface area contributed by atoms with E-state index in [0.29, 0.717) is 18.1 Å². The number of aromatic nitrogens is 2. The Bertz CT molecular complexity index is 735. The van der Waals surface area contributed by atoms with Gasteiger partial charge in [0.15, 0.2) is 11.5 Å². The number of amides is 1. The van der Waals surface area contributed by atoms with E-state index >= 15 is 0 Å². The summed E-state index contributed by atoms with van der Waals surface area (Å²) in [5, 5.41) is 3.81. The van der Waals surface area contributed by atoms with E-state index in [2.05, 4.69) is 10.1 Å². The number of furan rings is 1. The van der Waals surface area contributed by atoms with Crippen molar-refractivity contribution in [2.45, 2.75) is 6.42 Å². The molecule has 1 amide bonds. The number of carbonyl (C=O) groups is 1. The van der Waals surface area contributed by atoms with Gasteiger partial charge in [0.2, 0.25) is 5.76 Å². The van der Waals surface area contributed by atoms with E-state index < -0.39 is 0 Å². The summed E-state index contributed by atoms with van der Waals surface area (Å²) in [4.78, 5) is 17.9. The van der Waals surface area contributed by atoms with Gasteiger partial charge in [-0.25, -0.2) is 0 Å². The van der Waals surface area contributed by atoms with Crippen LogP contribution >= 0.6 is 0 Å². The van der Waals surface area contributed by atoms with Crippen LogP contribution in [-0.2, 0) is 6.42 Å². The minimum Gasteiger partial charge on any atom is -0.461 e. The third-order valence-electron chi connectivity index (χ3n) is 3.33. The van der Waals surface area contributed by atoms with E-state index in [1.165, 1.54) is 0 Å². The molecule has 3 aromatic heterocycles. The Morgan fingerprint density at radius 2 is 2.05 bits per heavy atom. The maximum Gasteiger partial charge on any atom is 0.275 e. The molecule has 0 atom stereocenters. The zero-order valence-electron chi connectivity index (χ0n) is 12.1. The van der Waals surface area contributed by atoms with Gasteiger partial charge in [-0.15, -0.1) is 0 Å². The van der Waals surface area contributed by atoms with Gasteiger partial charge in [0.25, 0.3) is 5.91 Å². The van der Waals surface area contributed by atoms with Crippen LogP contribution in [0.1, 0.15) is 16.1 Å². The quantitative estimate of drug-likeness (QED) is 0.724. The van der Waals surface area contributed by atoms with Crippen molar-refractivity contribution in [1.82, 2.24) is 15.0 Å². The number of likely N-dealkylation sites (N-methyl/N-ethyl adjacent to an activating group) is 1. The number of carbonyl (C=O) groups excluding carboxylic acids is 1. The first-order chi connectivity index (χ1) is 10.7. The summed E-state index contributed by atoms with van der Waals surface area (Å²) in [6.45, 7) is 0.589. The molecular weight excluding hydrogens is 282 g/mol. The molecule has 0 aliphatic carbocycles. The van der Waals surface area contributed by atoms with Gasteiger partial charge in [-0.2, -0.15) is 0 Å². The Balaban J connectivity index is 1.63. The molecule has 0 N–H and O–H groups in total. The third kappa shape index (κ3) is 3.06. The van der Waals surface area contributed by atoms with Crippen molar-refractivity contribution in [2.75, 3.05) is 13.6 Å². The Hall–Kier alpha value is -2.89. The molecule has 3 aromatic rings. The SMILES string of the molecule is CN(CCc1ccncc1)C(=O)c1cc(-c2ccco2)on1. The summed E-state index contributed by atoms with van der Waals surface area (Å²) in [6, 6.07) is 8.96. The molecule has 0 unspecified atom stereocenters. The largest absolute Gasteiger partial charge is 0.461 e. The smallest absolute Gasteiger partial charge is 0.275 e. The van der Waals surface area contributed by atoms with E-state index in [9.17, 15) is 4.79 Å². The molecular formula is C16H15N3O3. The minimum absolute atomic E-state index is 0.185. The molecule has 0 aliphatic heterocycles. The highest BCUT2D eigenvalue weighted by molar-refractivity contribution is 5.92. The summed E-state index contributed by atoms with van der Waals surface area (Å²) < 4.78 is 10.4. The maximum absolute atomic E-state index is 12.3. The fraction of sp³-hybridized carbons (Fsp3) is 0.188. The lowest BCUT2D eigenvalue weighted by Crippen LogP contribution is -2.29. The zero-order chi connectivity index (χ0) is 15.4. The molecule has 0 bridgehead atoms. The van der Waals surface area contributed by atoms with Gasteiger partial charge >= 0.3 is 0 Å². The van der Waals surface area contributed by atoms with E-state index in [0.717, 1.165) is 12.0 Å².